The van der Waals surface area contributed by atoms with E-state index in [1.165, 1.54) is 21.6 Å². The first-order chi connectivity index (χ1) is 12.6. The Morgan fingerprint density at radius 2 is 1.96 bits per heavy atom. The maximum Gasteiger partial charge on any atom is 0.227 e. The first-order valence-electron chi connectivity index (χ1n) is 8.79. The molecule has 0 aliphatic carbocycles. The molecule has 7 heteroatoms. The van der Waals surface area contributed by atoms with Gasteiger partial charge in [0.05, 0.1) is 21.0 Å². The van der Waals surface area contributed by atoms with Crippen LogP contribution in [0.2, 0.25) is 4.34 Å². The molecule has 1 amide bonds. The first-order valence-corrected chi connectivity index (χ1v) is 10.8. The van der Waals surface area contributed by atoms with E-state index >= 15 is 0 Å². The van der Waals surface area contributed by atoms with Crippen molar-refractivity contribution in [1.29, 1.82) is 0 Å². The van der Waals surface area contributed by atoms with Crippen LogP contribution in [0, 0.1) is 0 Å². The van der Waals surface area contributed by atoms with E-state index in [4.69, 9.17) is 16.6 Å². The Hall–Kier alpha value is -1.63. The topological polar surface area (TPSA) is 36.4 Å². The molecule has 3 aromatic rings. The van der Waals surface area contributed by atoms with E-state index in [2.05, 4.69) is 30.0 Å². The van der Waals surface area contributed by atoms with Crippen LogP contribution in [0.4, 0.5) is 5.13 Å². The SMILES string of the molecule is CCc1ccc2nc(N3CCN(C(=O)Cc4ccc(Cl)s4)CC3)sc2c1. The molecule has 0 radical (unpaired) electrons. The summed E-state index contributed by atoms with van der Waals surface area (Å²) >= 11 is 9.18. The van der Waals surface area contributed by atoms with Gasteiger partial charge in [-0.25, -0.2) is 4.98 Å². The number of fused-ring (bicyclic) bond motifs is 1. The number of hydrogen-bond donors (Lipinski definition) is 0. The van der Waals surface area contributed by atoms with Crippen molar-refractivity contribution in [3.8, 4) is 0 Å². The number of nitrogens with zero attached hydrogens (tertiary/aromatic N) is 3. The maximum absolute atomic E-state index is 12.5. The van der Waals surface area contributed by atoms with Crippen LogP contribution in [0.3, 0.4) is 0 Å². The molecule has 1 fully saturated rings. The van der Waals surface area contributed by atoms with Gasteiger partial charge in [0.25, 0.3) is 0 Å². The van der Waals surface area contributed by atoms with Crippen LogP contribution < -0.4 is 4.90 Å². The number of aryl methyl sites for hydroxylation is 1. The molecule has 0 atom stereocenters. The van der Waals surface area contributed by atoms with E-state index in [0.717, 1.165) is 52.5 Å². The summed E-state index contributed by atoms with van der Waals surface area (Å²) in [5, 5.41) is 1.06. The molecule has 0 unspecified atom stereocenters. The number of aromatic nitrogens is 1. The molecule has 1 aromatic carbocycles. The van der Waals surface area contributed by atoms with Gasteiger partial charge in [0.2, 0.25) is 5.91 Å². The number of hydrogen-bond acceptors (Lipinski definition) is 5. The number of carbonyl (C=O) groups is 1. The summed E-state index contributed by atoms with van der Waals surface area (Å²) < 4.78 is 1.98. The fraction of sp³-hybridized carbons (Fsp3) is 0.368. The number of benzene rings is 1. The summed E-state index contributed by atoms with van der Waals surface area (Å²) in [5.74, 6) is 0.181. The Morgan fingerprint density at radius 3 is 2.65 bits per heavy atom. The number of anilines is 1. The van der Waals surface area contributed by atoms with Crippen LogP contribution >= 0.6 is 34.3 Å². The maximum atomic E-state index is 12.5. The lowest BCUT2D eigenvalue weighted by atomic mass is 10.2. The van der Waals surface area contributed by atoms with E-state index in [9.17, 15) is 4.79 Å². The van der Waals surface area contributed by atoms with Gasteiger partial charge in [0.15, 0.2) is 5.13 Å². The fourth-order valence-electron chi connectivity index (χ4n) is 3.17. The second-order valence-corrected chi connectivity index (χ2v) is 9.21. The predicted molar refractivity (Wildman–Crippen MR) is 111 cm³/mol. The summed E-state index contributed by atoms with van der Waals surface area (Å²) in [4.78, 5) is 22.5. The molecule has 2 aromatic heterocycles. The quantitative estimate of drug-likeness (QED) is 0.642. The number of amides is 1. The number of piperazine rings is 1. The monoisotopic (exact) mass is 405 g/mol. The average molecular weight is 406 g/mol. The Kier molecular flexibility index (Phi) is 5.16. The van der Waals surface area contributed by atoms with Gasteiger partial charge in [0.1, 0.15) is 0 Å². The second kappa shape index (κ2) is 7.55. The molecule has 1 saturated heterocycles. The van der Waals surface area contributed by atoms with E-state index < -0.39 is 0 Å². The third kappa shape index (κ3) is 3.72. The molecule has 0 saturated carbocycles. The van der Waals surface area contributed by atoms with Crippen molar-refractivity contribution >= 4 is 55.5 Å². The summed E-state index contributed by atoms with van der Waals surface area (Å²) in [6.45, 7) is 5.32. The smallest absolute Gasteiger partial charge is 0.227 e. The lowest BCUT2D eigenvalue weighted by Gasteiger charge is -2.34. The molecule has 0 bridgehead atoms. The number of carbonyl (C=O) groups excluding carboxylic acids is 1. The van der Waals surface area contributed by atoms with Crippen molar-refractivity contribution < 1.29 is 4.79 Å². The zero-order chi connectivity index (χ0) is 18.1. The molecule has 4 rings (SSSR count). The number of thiazole rings is 1. The number of thiophene rings is 1. The molecule has 4 nitrogen and oxygen atoms in total. The summed E-state index contributed by atoms with van der Waals surface area (Å²) in [6.07, 6.45) is 1.48. The van der Waals surface area contributed by atoms with Crippen molar-refractivity contribution in [2.24, 2.45) is 0 Å². The molecule has 1 aliphatic rings. The van der Waals surface area contributed by atoms with Crippen LogP contribution in [-0.4, -0.2) is 42.0 Å². The third-order valence-corrected chi connectivity index (χ3v) is 7.02. The minimum absolute atomic E-state index is 0.181. The molecule has 0 spiro atoms. The first kappa shape index (κ1) is 17.8. The zero-order valence-corrected chi connectivity index (χ0v) is 17.0. The molecule has 3 heterocycles. The van der Waals surface area contributed by atoms with E-state index in [1.807, 2.05) is 17.0 Å². The van der Waals surface area contributed by atoms with Crippen molar-refractivity contribution in [1.82, 2.24) is 9.88 Å². The lowest BCUT2D eigenvalue weighted by molar-refractivity contribution is -0.130. The predicted octanol–water partition coefficient (Wildman–Crippen LogP) is 4.46. The molecule has 0 N–H and O–H groups in total. The van der Waals surface area contributed by atoms with Crippen molar-refractivity contribution in [2.75, 3.05) is 31.1 Å². The lowest BCUT2D eigenvalue weighted by Crippen LogP contribution is -2.49. The highest BCUT2D eigenvalue weighted by molar-refractivity contribution is 7.22. The zero-order valence-electron chi connectivity index (χ0n) is 14.6. The Morgan fingerprint density at radius 1 is 1.15 bits per heavy atom. The van der Waals surface area contributed by atoms with Crippen molar-refractivity contribution in [3.05, 3.63) is 45.1 Å². The van der Waals surface area contributed by atoms with Gasteiger partial charge in [-0.2, -0.15) is 0 Å². The highest BCUT2D eigenvalue weighted by Gasteiger charge is 2.23. The van der Waals surface area contributed by atoms with Crippen molar-refractivity contribution in [3.63, 3.8) is 0 Å². The Labute approximate surface area is 166 Å². The summed E-state index contributed by atoms with van der Waals surface area (Å²) in [5.41, 5.74) is 2.41. The fourth-order valence-corrected chi connectivity index (χ4v) is 5.33. The van der Waals surface area contributed by atoms with Crippen LogP contribution in [0.25, 0.3) is 10.2 Å². The van der Waals surface area contributed by atoms with Crippen LogP contribution in [0.5, 0.6) is 0 Å². The van der Waals surface area contributed by atoms with E-state index in [-0.39, 0.29) is 5.91 Å². The molecular weight excluding hydrogens is 386 g/mol. The second-order valence-electron chi connectivity index (χ2n) is 6.40. The minimum atomic E-state index is 0.181. The normalized spacial score (nSPS) is 15.0. The Bertz CT molecular complexity index is 928. The molecule has 26 heavy (non-hydrogen) atoms. The van der Waals surface area contributed by atoms with Crippen LogP contribution in [-0.2, 0) is 17.6 Å². The highest BCUT2D eigenvalue weighted by Crippen LogP contribution is 2.30. The average Bonchev–Trinajstić information content (AvgIpc) is 3.27. The van der Waals surface area contributed by atoms with Gasteiger partial charge in [-0.05, 0) is 36.2 Å². The van der Waals surface area contributed by atoms with Crippen LogP contribution in [0.1, 0.15) is 17.4 Å². The third-order valence-electron chi connectivity index (χ3n) is 4.71. The van der Waals surface area contributed by atoms with Gasteiger partial charge < -0.3 is 9.80 Å². The van der Waals surface area contributed by atoms with E-state index in [0.29, 0.717) is 6.42 Å². The van der Waals surface area contributed by atoms with Gasteiger partial charge in [-0.3, -0.25) is 4.79 Å². The summed E-state index contributed by atoms with van der Waals surface area (Å²) in [7, 11) is 0. The van der Waals surface area contributed by atoms with Gasteiger partial charge in [-0.15, -0.1) is 11.3 Å². The number of halogens is 1. The standard InChI is InChI=1S/C19H20ClN3OS2/c1-2-13-3-5-15-16(11-13)26-19(21-15)23-9-7-22(8-10-23)18(24)12-14-4-6-17(20)25-14/h3-6,11H,2,7-10,12H2,1H3. The highest BCUT2D eigenvalue weighted by atomic mass is 35.5. The molecule has 1 aliphatic heterocycles. The van der Waals surface area contributed by atoms with Gasteiger partial charge >= 0.3 is 0 Å². The molecule has 136 valence electrons. The largest absolute Gasteiger partial charge is 0.345 e. The summed E-state index contributed by atoms with van der Waals surface area (Å²) in [6, 6.07) is 10.3. The number of rotatable bonds is 4. The minimum Gasteiger partial charge on any atom is -0.345 e. The van der Waals surface area contributed by atoms with E-state index in [1.54, 1.807) is 11.3 Å². The van der Waals surface area contributed by atoms with Gasteiger partial charge in [-0.1, -0.05) is 35.9 Å². The van der Waals surface area contributed by atoms with Gasteiger partial charge in [0, 0.05) is 31.1 Å². The Balaban J connectivity index is 1.39. The van der Waals surface area contributed by atoms with Crippen molar-refractivity contribution in [2.45, 2.75) is 19.8 Å². The van der Waals surface area contributed by atoms with Crippen LogP contribution in [0.15, 0.2) is 30.3 Å². The molecular formula is C19H20ClN3OS2.